The van der Waals surface area contributed by atoms with Gasteiger partial charge in [-0.1, -0.05) is 12.1 Å². The Labute approximate surface area is 157 Å². The van der Waals surface area contributed by atoms with Crippen molar-refractivity contribution in [3.8, 4) is 11.3 Å². The molecule has 0 spiro atoms. The highest BCUT2D eigenvalue weighted by atomic mass is 15.1. The van der Waals surface area contributed by atoms with Gasteiger partial charge in [0.15, 0.2) is 0 Å². The van der Waals surface area contributed by atoms with Gasteiger partial charge in [0.05, 0.1) is 35.0 Å². The molecule has 0 radical (unpaired) electrons. The fourth-order valence-electron chi connectivity index (χ4n) is 4.89. The van der Waals surface area contributed by atoms with Crippen LogP contribution in [-0.2, 0) is 12.8 Å². The molecule has 2 aliphatic carbocycles. The van der Waals surface area contributed by atoms with Crippen molar-refractivity contribution in [2.24, 2.45) is 4.99 Å². The second-order valence-corrected chi connectivity index (χ2v) is 7.78. The molecule has 3 aromatic rings. The van der Waals surface area contributed by atoms with Crippen LogP contribution in [0.4, 0.5) is 0 Å². The van der Waals surface area contributed by atoms with Crippen LogP contribution in [0.25, 0.3) is 28.2 Å². The number of hydrogen-bond acceptors (Lipinski definition) is 4. The van der Waals surface area contributed by atoms with Crippen LogP contribution < -0.4 is 5.32 Å². The number of hydrogen-bond donors (Lipinski definition) is 2. The molecule has 3 heterocycles. The predicted octanol–water partition coefficient (Wildman–Crippen LogP) is 3.96. The zero-order chi connectivity index (χ0) is 18.0. The average molecular weight is 355 g/mol. The number of H-pyrrole nitrogens is 1. The molecule has 27 heavy (non-hydrogen) atoms. The minimum absolute atomic E-state index is 0.176. The molecule has 5 heteroatoms. The molecule has 0 saturated carbocycles. The smallest absolute Gasteiger partial charge is 0.103 e. The lowest BCUT2D eigenvalue weighted by Gasteiger charge is -2.29. The number of aromatic amines is 1. The molecule has 134 valence electrons. The third-order valence-corrected chi connectivity index (χ3v) is 6.11. The molecular weight excluding hydrogens is 334 g/mol. The Morgan fingerprint density at radius 1 is 1.11 bits per heavy atom. The Balaban J connectivity index is 1.60. The third-order valence-electron chi connectivity index (χ3n) is 6.11. The molecule has 2 aromatic heterocycles. The van der Waals surface area contributed by atoms with Gasteiger partial charge in [-0.3, -0.25) is 10.1 Å². The van der Waals surface area contributed by atoms with Gasteiger partial charge < -0.3 is 5.32 Å². The van der Waals surface area contributed by atoms with Crippen LogP contribution in [0.3, 0.4) is 0 Å². The van der Waals surface area contributed by atoms with Gasteiger partial charge in [-0.05, 0) is 61.9 Å². The number of aliphatic imine (C=N–C) groups is 1. The number of nitrogens with zero attached hydrogens (tertiary/aromatic N) is 3. The van der Waals surface area contributed by atoms with Crippen LogP contribution in [0.5, 0.6) is 0 Å². The minimum atomic E-state index is 0.176. The van der Waals surface area contributed by atoms with E-state index in [1.54, 1.807) is 0 Å². The van der Waals surface area contributed by atoms with Gasteiger partial charge in [0.25, 0.3) is 0 Å². The molecule has 0 saturated heterocycles. The van der Waals surface area contributed by atoms with E-state index in [4.69, 9.17) is 9.98 Å². The maximum atomic E-state index is 5.16. The van der Waals surface area contributed by atoms with E-state index in [1.807, 2.05) is 6.20 Å². The van der Waals surface area contributed by atoms with E-state index in [2.05, 4.69) is 52.8 Å². The van der Waals surface area contributed by atoms with Crippen LogP contribution in [0.15, 0.2) is 35.5 Å². The van der Waals surface area contributed by atoms with Crippen molar-refractivity contribution in [3.05, 3.63) is 52.9 Å². The molecule has 0 amide bonds. The molecule has 0 bridgehead atoms. The molecule has 3 aliphatic rings. The monoisotopic (exact) mass is 355 g/mol. The van der Waals surface area contributed by atoms with Crippen molar-refractivity contribution in [3.63, 3.8) is 0 Å². The van der Waals surface area contributed by atoms with E-state index in [0.717, 1.165) is 41.0 Å². The summed E-state index contributed by atoms with van der Waals surface area (Å²) in [4.78, 5) is 10.1. The number of fused-ring (bicyclic) bond motifs is 6. The summed E-state index contributed by atoms with van der Waals surface area (Å²) in [5.74, 6) is 1.03. The quantitative estimate of drug-likeness (QED) is 0.694. The fraction of sp³-hybridized carbons (Fsp3) is 0.318. The number of benzene rings is 1. The normalized spacial score (nSPS) is 22.8. The Hall–Kier alpha value is -2.95. The van der Waals surface area contributed by atoms with Crippen molar-refractivity contribution < 1.29 is 0 Å². The Morgan fingerprint density at radius 2 is 2.00 bits per heavy atom. The largest absolute Gasteiger partial charge is 0.365 e. The van der Waals surface area contributed by atoms with E-state index in [1.165, 1.54) is 35.1 Å². The number of nitrogens with one attached hydrogen (secondary N) is 2. The summed E-state index contributed by atoms with van der Waals surface area (Å²) in [7, 11) is 0. The number of rotatable bonds is 1. The van der Waals surface area contributed by atoms with E-state index < -0.39 is 0 Å². The zero-order valence-corrected chi connectivity index (χ0v) is 15.3. The molecular formula is C22H21N5. The van der Waals surface area contributed by atoms with Gasteiger partial charge >= 0.3 is 0 Å². The zero-order valence-electron chi connectivity index (χ0n) is 15.3. The third kappa shape index (κ3) is 2.21. The molecule has 2 unspecified atom stereocenters. The summed E-state index contributed by atoms with van der Waals surface area (Å²) in [5, 5.41) is 11.8. The van der Waals surface area contributed by atoms with Crippen molar-refractivity contribution in [1.82, 2.24) is 20.5 Å². The van der Waals surface area contributed by atoms with Crippen molar-refractivity contribution in [2.45, 2.75) is 44.7 Å². The van der Waals surface area contributed by atoms with Gasteiger partial charge in [0.1, 0.15) is 6.04 Å². The predicted molar refractivity (Wildman–Crippen MR) is 108 cm³/mol. The molecule has 1 aromatic carbocycles. The first-order chi connectivity index (χ1) is 13.3. The van der Waals surface area contributed by atoms with E-state index >= 15 is 0 Å². The van der Waals surface area contributed by atoms with Gasteiger partial charge in [-0.25, -0.2) is 4.98 Å². The topological polar surface area (TPSA) is 66.0 Å². The SMILES string of the molecule is CC1=NC2c3c(nc(-c4ccc5[nH]ncc5c4)c4c3CCCC4)C=CC2N1. The lowest BCUT2D eigenvalue weighted by atomic mass is 9.80. The Kier molecular flexibility index (Phi) is 3.10. The standard InChI is InChI=1S/C22H21N5/c1-12-24-19-9-8-18-20(22(19)25-12)15-4-2-3-5-16(15)21(26-18)13-6-7-17-14(10-13)11-23-27-17/h6-11,19,22H,2-5H2,1H3,(H,23,27)(H,24,25). The highest BCUT2D eigenvalue weighted by molar-refractivity contribution is 5.86. The van der Waals surface area contributed by atoms with E-state index in [9.17, 15) is 0 Å². The first-order valence-corrected chi connectivity index (χ1v) is 9.76. The van der Waals surface area contributed by atoms with Crippen LogP contribution in [0, 0.1) is 0 Å². The maximum Gasteiger partial charge on any atom is 0.103 e. The van der Waals surface area contributed by atoms with Crippen molar-refractivity contribution in [2.75, 3.05) is 0 Å². The molecule has 0 fully saturated rings. The average Bonchev–Trinajstić information content (AvgIpc) is 3.31. The number of aromatic nitrogens is 3. The van der Waals surface area contributed by atoms with E-state index in [0.29, 0.717) is 0 Å². The number of pyridine rings is 1. The van der Waals surface area contributed by atoms with E-state index in [-0.39, 0.29) is 12.1 Å². The fourth-order valence-corrected chi connectivity index (χ4v) is 4.89. The summed E-state index contributed by atoms with van der Waals surface area (Å²) in [5.41, 5.74) is 8.76. The highest BCUT2D eigenvalue weighted by Gasteiger charge is 2.35. The first-order valence-electron chi connectivity index (χ1n) is 9.76. The van der Waals surface area contributed by atoms with Crippen LogP contribution >= 0.6 is 0 Å². The van der Waals surface area contributed by atoms with Crippen LogP contribution in [-0.4, -0.2) is 27.1 Å². The van der Waals surface area contributed by atoms with Crippen molar-refractivity contribution in [1.29, 1.82) is 0 Å². The summed E-state index contributed by atoms with van der Waals surface area (Å²) >= 11 is 0. The van der Waals surface area contributed by atoms with Crippen LogP contribution in [0.1, 0.15) is 48.2 Å². The lowest BCUT2D eigenvalue weighted by molar-refractivity contribution is 0.603. The molecule has 1 aliphatic heterocycles. The maximum absolute atomic E-state index is 5.16. The van der Waals surface area contributed by atoms with Crippen LogP contribution in [0.2, 0.25) is 0 Å². The lowest BCUT2D eigenvalue weighted by Crippen LogP contribution is -2.31. The van der Waals surface area contributed by atoms with Gasteiger partial charge in [-0.15, -0.1) is 0 Å². The summed E-state index contributed by atoms with van der Waals surface area (Å²) in [6.07, 6.45) is 11.0. The van der Waals surface area contributed by atoms with Crippen molar-refractivity contribution >= 4 is 22.8 Å². The minimum Gasteiger partial charge on any atom is -0.365 e. The van der Waals surface area contributed by atoms with Gasteiger partial charge in [0, 0.05) is 16.5 Å². The summed E-state index contributed by atoms with van der Waals surface area (Å²) < 4.78 is 0. The van der Waals surface area contributed by atoms with Gasteiger partial charge in [-0.2, -0.15) is 5.10 Å². The second kappa shape index (κ2) is 5.52. The first kappa shape index (κ1) is 15.1. The molecule has 2 N–H and O–H groups in total. The second-order valence-electron chi connectivity index (χ2n) is 7.78. The van der Waals surface area contributed by atoms with Gasteiger partial charge in [0.2, 0.25) is 0 Å². The number of amidine groups is 1. The highest BCUT2D eigenvalue weighted by Crippen LogP contribution is 2.42. The Bertz CT molecular complexity index is 1140. The summed E-state index contributed by atoms with van der Waals surface area (Å²) in [6, 6.07) is 6.93. The molecule has 5 nitrogen and oxygen atoms in total. The molecule has 6 rings (SSSR count). The molecule has 2 atom stereocenters. The summed E-state index contributed by atoms with van der Waals surface area (Å²) in [6.45, 7) is 2.06. The Morgan fingerprint density at radius 3 is 2.93 bits per heavy atom.